The van der Waals surface area contributed by atoms with Gasteiger partial charge in [-0.2, -0.15) is 0 Å². The van der Waals surface area contributed by atoms with E-state index < -0.39 is 0 Å². The van der Waals surface area contributed by atoms with Crippen molar-refractivity contribution in [2.24, 2.45) is 0 Å². The molecule has 100 valence electrons. The number of aryl methyl sites for hydroxylation is 1. The molecule has 0 bridgehead atoms. The summed E-state index contributed by atoms with van der Waals surface area (Å²) in [6.45, 7) is 6.72. The number of amides is 1. The molecule has 0 aliphatic heterocycles. The quantitative estimate of drug-likeness (QED) is 0.739. The third-order valence-corrected chi connectivity index (χ3v) is 3.60. The lowest BCUT2D eigenvalue weighted by atomic mass is 10.1. The number of halogens is 2. The fraction of sp³-hybridized carbons (Fsp3) is 0.500. The maximum absolute atomic E-state index is 12.5. The largest absolute Gasteiger partial charge is 0.336 e. The minimum absolute atomic E-state index is 0.0834. The molecule has 0 aromatic heterocycles. The molecule has 1 rings (SSSR count). The minimum atomic E-state index is 0.0834. The molecule has 0 unspecified atom stereocenters. The van der Waals surface area contributed by atoms with Gasteiger partial charge in [0.05, 0.1) is 0 Å². The van der Waals surface area contributed by atoms with Crippen LogP contribution in [0.5, 0.6) is 0 Å². The second-order valence-electron chi connectivity index (χ2n) is 4.59. The highest BCUT2D eigenvalue weighted by molar-refractivity contribution is 9.10. The molecule has 0 saturated carbocycles. The van der Waals surface area contributed by atoms with E-state index in [0.29, 0.717) is 12.4 Å². The number of hydrogen-bond acceptors (Lipinski definition) is 1. The van der Waals surface area contributed by atoms with Gasteiger partial charge in [0.1, 0.15) is 0 Å². The van der Waals surface area contributed by atoms with Crippen LogP contribution in [0.4, 0.5) is 0 Å². The molecule has 0 fully saturated rings. The fourth-order valence-corrected chi connectivity index (χ4v) is 2.44. The first-order valence-corrected chi connectivity index (χ1v) is 7.43. The Balaban J connectivity index is 2.94. The maximum Gasteiger partial charge on any atom is 0.254 e. The number of hydrogen-bond donors (Lipinski definition) is 0. The number of carbonyl (C=O) groups excluding carboxylic acids is 1. The van der Waals surface area contributed by atoms with Crippen LogP contribution in [0, 0.1) is 6.92 Å². The van der Waals surface area contributed by atoms with Gasteiger partial charge in [-0.05, 0) is 51.0 Å². The molecular weight excluding hydrogens is 314 g/mol. The first-order valence-electron chi connectivity index (χ1n) is 6.10. The van der Waals surface area contributed by atoms with Crippen molar-refractivity contribution >= 4 is 33.4 Å². The summed E-state index contributed by atoms with van der Waals surface area (Å²) in [4.78, 5) is 14.4. The Kier molecular flexibility index (Phi) is 6.16. The Morgan fingerprint density at radius 2 is 2.11 bits per heavy atom. The Morgan fingerprint density at radius 3 is 2.61 bits per heavy atom. The standard InChI is InChI=1S/C14H19BrClNO/c1-10(2)17(8-4-7-16)14(18)13-6-5-12(15)9-11(13)3/h5-6,9-10H,4,7-8H2,1-3H3. The highest BCUT2D eigenvalue weighted by Gasteiger charge is 2.19. The van der Waals surface area contributed by atoms with Gasteiger partial charge in [0.25, 0.3) is 5.91 Å². The zero-order chi connectivity index (χ0) is 13.7. The van der Waals surface area contributed by atoms with Crippen LogP contribution >= 0.6 is 27.5 Å². The van der Waals surface area contributed by atoms with Crippen molar-refractivity contribution in [1.82, 2.24) is 4.90 Å². The summed E-state index contributed by atoms with van der Waals surface area (Å²) < 4.78 is 0.994. The van der Waals surface area contributed by atoms with Crippen LogP contribution in [0.15, 0.2) is 22.7 Å². The molecular formula is C14H19BrClNO. The Labute approximate surface area is 122 Å². The first-order chi connectivity index (χ1) is 8.47. The molecule has 18 heavy (non-hydrogen) atoms. The molecule has 1 amide bonds. The van der Waals surface area contributed by atoms with Gasteiger partial charge < -0.3 is 4.90 Å². The molecule has 0 aliphatic carbocycles. The lowest BCUT2D eigenvalue weighted by Crippen LogP contribution is -2.38. The first kappa shape index (κ1) is 15.5. The van der Waals surface area contributed by atoms with Gasteiger partial charge in [-0.1, -0.05) is 15.9 Å². The summed E-state index contributed by atoms with van der Waals surface area (Å²) in [6.07, 6.45) is 0.820. The summed E-state index contributed by atoms with van der Waals surface area (Å²) in [5.41, 5.74) is 1.76. The Hall–Kier alpha value is -0.540. The summed E-state index contributed by atoms with van der Waals surface area (Å²) in [5, 5.41) is 0. The average Bonchev–Trinajstić information content (AvgIpc) is 2.28. The molecule has 0 saturated heterocycles. The van der Waals surface area contributed by atoms with Crippen molar-refractivity contribution in [3.8, 4) is 0 Å². The van der Waals surface area contributed by atoms with E-state index >= 15 is 0 Å². The van der Waals surface area contributed by atoms with E-state index in [9.17, 15) is 4.79 Å². The molecule has 1 aromatic rings. The van der Waals surface area contributed by atoms with E-state index in [1.54, 1.807) is 0 Å². The van der Waals surface area contributed by atoms with Gasteiger partial charge in [0.2, 0.25) is 0 Å². The average molecular weight is 333 g/mol. The maximum atomic E-state index is 12.5. The minimum Gasteiger partial charge on any atom is -0.336 e. The Bertz CT molecular complexity index is 420. The molecule has 0 spiro atoms. The molecule has 0 heterocycles. The predicted octanol–water partition coefficient (Wildman–Crippen LogP) is 4.24. The predicted molar refractivity (Wildman–Crippen MR) is 80.4 cm³/mol. The second-order valence-corrected chi connectivity index (χ2v) is 5.89. The van der Waals surface area contributed by atoms with Crippen molar-refractivity contribution in [2.45, 2.75) is 33.2 Å². The van der Waals surface area contributed by atoms with E-state index in [2.05, 4.69) is 15.9 Å². The lowest BCUT2D eigenvalue weighted by molar-refractivity contribution is 0.0705. The monoisotopic (exact) mass is 331 g/mol. The van der Waals surface area contributed by atoms with Gasteiger partial charge in [0.15, 0.2) is 0 Å². The highest BCUT2D eigenvalue weighted by Crippen LogP contribution is 2.18. The van der Waals surface area contributed by atoms with Gasteiger partial charge in [-0.15, -0.1) is 11.6 Å². The van der Waals surface area contributed by atoms with Crippen molar-refractivity contribution in [3.63, 3.8) is 0 Å². The van der Waals surface area contributed by atoms with Crippen LogP contribution in [-0.4, -0.2) is 29.3 Å². The van der Waals surface area contributed by atoms with Crippen LogP contribution in [-0.2, 0) is 0 Å². The van der Waals surface area contributed by atoms with Crippen molar-refractivity contribution in [1.29, 1.82) is 0 Å². The zero-order valence-corrected chi connectivity index (χ0v) is 13.4. The Morgan fingerprint density at radius 1 is 1.44 bits per heavy atom. The number of nitrogens with zero attached hydrogens (tertiary/aromatic N) is 1. The van der Waals surface area contributed by atoms with Crippen molar-refractivity contribution in [3.05, 3.63) is 33.8 Å². The summed E-state index contributed by atoms with van der Waals surface area (Å²) in [7, 11) is 0. The van der Waals surface area contributed by atoms with Gasteiger partial charge in [-0.3, -0.25) is 4.79 Å². The summed E-state index contributed by atoms with van der Waals surface area (Å²) in [5.74, 6) is 0.663. The number of rotatable bonds is 5. The number of benzene rings is 1. The zero-order valence-electron chi connectivity index (χ0n) is 11.0. The van der Waals surface area contributed by atoms with E-state index in [0.717, 1.165) is 22.0 Å². The van der Waals surface area contributed by atoms with Crippen molar-refractivity contribution < 1.29 is 4.79 Å². The van der Waals surface area contributed by atoms with Crippen LogP contribution in [0.25, 0.3) is 0 Å². The smallest absolute Gasteiger partial charge is 0.254 e. The lowest BCUT2D eigenvalue weighted by Gasteiger charge is -2.27. The van der Waals surface area contributed by atoms with Crippen molar-refractivity contribution in [2.75, 3.05) is 12.4 Å². The van der Waals surface area contributed by atoms with Gasteiger partial charge in [-0.25, -0.2) is 0 Å². The molecule has 0 aliphatic rings. The summed E-state index contributed by atoms with van der Waals surface area (Å²) in [6, 6.07) is 5.93. The van der Waals surface area contributed by atoms with Crippen LogP contribution in [0.3, 0.4) is 0 Å². The normalized spacial score (nSPS) is 10.8. The molecule has 0 radical (unpaired) electrons. The SMILES string of the molecule is Cc1cc(Br)ccc1C(=O)N(CCCCl)C(C)C. The van der Waals surface area contributed by atoms with Gasteiger partial charge in [0, 0.05) is 28.5 Å². The van der Waals surface area contributed by atoms with E-state index in [4.69, 9.17) is 11.6 Å². The molecule has 0 atom stereocenters. The topological polar surface area (TPSA) is 20.3 Å². The van der Waals surface area contributed by atoms with Crippen LogP contribution < -0.4 is 0 Å². The third-order valence-electron chi connectivity index (χ3n) is 2.84. The third kappa shape index (κ3) is 3.99. The summed E-state index contributed by atoms with van der Waals surface area (Å²) >= 11 is 9.12. The number of carbonyl (C=O) groups is 1. The van der Waals surface area contributed by atoms with Crippen LogP contribution in [0.2, 0.25) is 0 Å². The van der Waals surface area contributed by atoms with Gasteiger partial charge >= 0.3 is 0 Å². The van der Waals surface area contributed by atoms with E-state index in [-0.39, 0.29) is 11.9 Å². The highest BCUT2D eigenvalue weighted by atomic mass is 79.9. The van der Waals surface area contributed by atoms with E-state index in [1.165, 1.54) is 0 Å². The second kappa shape index (κ2) is 7.15. The van der Waals surface area contributed by atoms with Crippen LogP contribution in [0.1, 0.15) is 36.2 Å². The number of alkyl halides is 1. The fourth-order valence-electron chi connectivity index (χ4n) is 1.85. The molecule has 2 nitrogen and oxygen atoms in total. The van der Waals surface area contributed by atoms with E-state index in [1.807, 2.05) is 43.9 Å². The molecule has 4 heteroatoms. The molecule has 1 aromatic carbocycles. The molecule has 0 N–H and O–H groups in total.